The first-order valence-corrected chi connectivity index (χ1v) is 5.10. The number of para-hydroxylation sites is 1. The Morgan fingerprint density at radius 2 is 2.14 bits per heavy atom. The van der Waals surface area contributed by atoms with Gasteiger partial charge in [0, 0.05) is 5.54 Å². The lowest BCUT2D eigenvalue weighted by Crippen LogP contribution is -2.36. The van der Waals surface area contributed by atoms with E-state index in [1.807, 2.05) is 6.07 Å². The number of nitrogens with one attached hydrogen (secondary N) is 1. The molecule has 0 bridgehead atoms. The third kappa shape index (κ3) is 1.45. The summed E-state index contributed by atoms with van der Waals surface area (Å²) in [5, 5.41) is 13.1. The molecular formula is C12H17NO. The number of hydrogen-bond donors (Lipinski definition) is 2. The second kappa shape index (κ2) is 2.91. The van der Waals surface area contributed by atoms with E-state index in [0.29, 0.717) is 11.7 Å². The Hall–Kier alpha value is -1.18. The quantitative estimate of drug-likeness (QED) is 0.618. The largest absolute Gasteiger partial charge is 0.506 e. The van der Waals surface area contributed by atoms with Gasteiger partial charge in [-0.1, -0.05) is 19.1 Å². The summed E-state index contributed by atoms with van der Waals surface area (Å²) in [7, 11) is 0. The highest BCUT2D eigenvalue weighted by Gasteiger charge is 2.30. The summed E-state index contributed by atoms with van der Waals surface area (Å²) in [5.41, 5.74) is 2.21. The Kier molecular flexibility index (Phi) is 1.95. The maximum absolute atomic E-state index is 9.74. The van der Waals surface area contributed by atoms with Crippen LogP contribution in [-0.2, 0) is 0 Å². The van der Waals surface area contributed by atoms with Crippen LogP contribution in [0.2, 0.25) is 0 Å². The monoisotopic (exact) mass is 191 g/mol. The fraction of sp³-hybridized carbons (Fsp3) is 0.500. The van der Waals surface area contributed by atoms with Crippen LogP contribution >= 0.6 is 0 Å². The van der Waals surface area contributed by atoms with Crippen LogP contribution in [0.15, 0.2) is 18.2 Å². The molecule has 1 atom stereocenters. The minimum atomic E-state index is 0.0747. The van der Waals surface area contributed by atoms with Gasteiger partial charge in [-0.15, -0.1) is 0 Å². The second-order valence-corrected chi connectivity index (χ2v) is 4.86. The molecule has 1 heterocycles. The molecular weight excluding hydrogens is 174 g/mol. The van der Waals surface area contributed by atoms with Gasteiger partial charge in [-0.3, -0.25) is 0 Å². The number of phenolic OH excluding ortho intramolecular Hbond substituents is 1. The molecule has 2 rings (SSSR count). The summed E-state index contributed by atoms with van der Waals surface area (Å²) in [6.45, 7) is 6.54. The average molecular weight is 191 g/mol. The van der Waals surface area contributed by atoms with Crippen molar-refractivity contribution in [3.8, 4) is 5.75 Å². The van der Waals surface area contributed by atoms with E-state index in [4.69, 9.17) is 0 Å². The lowest BCUT2D eigenvalue weighted by molar-refractivity contribution is 0.434. The predicted molar refractivity (Wildman–Crippen MR) is 58.8 cm³/mol. The van der Waals surface area contributed by atoms with Gasteiger partial charge in [-0.25, -0.2) is 0 Å². The molecule has 2 heteroatoms. The van der Waals surface area contributed by atoms with Crippen LogP contribution < -0.4 is 5.32 Å². The molecule has 1 aromatic rings. The Balaban J connectivity index is 2.51. The van der Waals surface area contributed by atoms with E-state index in [0.717, 1.165) is 12.1 Å². The highest BCUT2D eigenvalue weighted by molar-refractivity contribution is 5.65. The van der Waals surface area contributed by atoms with Crippen molar-refractivity contribution in [3.63, 3.8) is 0 Å². The van der Waals surface area contributed by atoms with Crippen molar-refractivity contribution in [1.82, 2.24) is 0 Å². The average Bonchev–Trinajstić information content (AvgIpc) is 2.05. The smallest absolute Gasteiger partial charge is 0.138 e. The van der Waals surface area contributed by atoms with E-state index >= 15 is 0 Å². The number of fused-ring (bicyclic) bond motifs is 1. The number of benzene rings is 1. The zero-order valence-electron chi connectivity index (χ0n) is 8.96. The van der Waals surface area contributed by atoms with Crippen molar-refractivity contribution >= 4 is 5.69 Å². The van der Waals surface area contributed by atoms with Gasteiger partial charge >= 0.3 is 0 Å². The summed E-state index contributed by atoms with van der Waals surface area (Å²) in [5.74, 6) is 0.871. The van der Waals surface area contributed by atoms with E-state index in [1.165, 1.54) is 5.56 Å². The highest BCUT2D eigenvalue weighted by Crippen LogP contribution is 2.42. The molecule has 0 saturated carbocycles. The van der Waals surface area contributed by atoms with Crippen molar-refractivity contribution in [2.45, 2.75) is 38.6 Å². The van der Waals surface area contributed by atoms with E-state index in [1.54, 1.807) is 6.07 Å². The third-order valence-electron chi connectivity index (χ3n) is 2.89. The van der Waals surface area contributed by atoms with Gasteiger partial charge in [-0.2, -0.15) is 0 Å². The van der Waals surface area contributed by atoms with Gasteiger partial charge in [0.2, 0.25) is 0 Å². The lowest BCUT2D eigenvalue weighted by atomic mass is 9.82. The van der Waals surface area contributed by atoms with Crippen molar-refractivity contribution < 1.29 is 5.11 Å². The minimum Gasteiger partial charge on any atom is -0.506 e. The third-order valence-corrected chi connectivity index (χ3v) is 2.89. The Labute approximate surface area is 85.0 Å². The summed E-state index contributed by atoms with van der Waals surface area (Å²) in [6, 6.07) is 5.73. The van der Waals surface area contributed by atoms with Crippen LogP contribution in [0, 0.1) is 0 Å². The molecule has 0 radical (unpaired) electrons. The molecule has 0 aromatic heterocycles. The van der Waals surface area contributed by atoms with Gasteiger partial charge in [0.15, 0.2) is 0 Å². The van der Waals surface area contributed by atoms with Gasteiger partial charge < -0.3 is 10.4 Å². The zero-order valence-corrected chi connectivity index (χ0v) is 8.96. The minimum absolute atomic E-state index is 0.0747. The first-order valence-electron chi connectivity index (χ1n) is 5.10. The van der Waals surface area contributed by atoms with Crippen molar-refractivity contribution in [2.75, 3.05) is 5.32 Å². The summed E-state index contributed by atoms with van der Waals surface area (Å²) in [4.78, 5) is 0. The van der Waals surface area contributed by atoms with Crippen LogP contribution in [0.1, 0.15) is 38.7 Å². The summed E-state index contributed by atoms with van der Waals surface area (Å²) in [6.07, 6.45) is 1.10. The van der Waals surface area contributed by atoms with Crippen molar-refractivity contribution in [2.24, 2.45) is 0 Å². The standard InChI is InChI=1S/C12H17NO/c1-8-7-12(2,3)13-11-9(8)5-4-6-10(11)14/h4-6,8,13-14H,7H2,1-3H3. The molecule has 0 saturated heterocycles. The van der Waals surface area contributed by atoms with Crippen molar-refractivity contribution in [3.05, 3.63) is 23.8 Å². The number of hydrogen-bond acceptors (Lipinski definition) is 2. The van der Waals surface area contributed by atoms with Gasteiger partial charge in [-0.05, 0) is 37.8 Å². The molecule has 0 spiro atoms. The fourth-order valence-corrected chi connectivity index (χ4v) is 2.37. The summed E-state index contributed by atoms with van der Waals surface area (Å²) >= 11 is 0. The number of rotatable bonds is 0. The zero-order chi connectivity index (χ0) is 10.3. The molecule has 0 aliphatic carbocycles. The Morgan fingerprint density at radius 3 is 2.86 bits per heavy atom. The van der Waals surface area contributed by atoms with Gasteiger partial charge in [0.05, 0.1) is 5.69 Å². The normalized spacial score (nSPS) is 23.8. The highest BCUT2D eigenvalue weighted by atomic mass is 16.3. The topological polar surface area (TPSA) is 32.3 Å². The van der Waals surface area contributed by atoms with Crippen LogP contribution in [0.25, 0.3) is 0 Å². The molecule has 0 fully saturated rings. The predicted octanol–water partition coefficient (Wildman–Crippen LogP) is 3.09. The van der Waals surface area contributed by atoms with Gasteiger partial charge in [0.25, 0.3) is 0 Å². The SMILES string of the molecule is CC1CC(C)(C)Nc2c(O)cccc21. The molecule has 2 nitrogen and oxygen atoms in total. The van der Waals surface area contributed by atoms with Crippen LogP contribution in [0.4, 0.5) is 5.69 Å². The van der Waals surface area contributed by atoms with Gasteiger partial charge in [0.1, 0.15) is 5.75 Å². The molecule has 1 aromatic carbocycles. The molecule has 76 valence electrons. The summed E-state index contributed by atoms with van der Waals surface area (Å²) < 4.78 is 0. The second-order valence-electron chi connectivity index (χ2n) is 4.86. The molecule has 1 aliphatic rings. The van der Waals surface area contributed by atoms with Crippen LogP contribution in [0.5, 0.6) is 5.75 Å². The molecule has 1 unspecified atom stereocenters. The first kappa shape index (κ1) is 9.38. The Bertz CT molecular complexity index is 357. The van der Waals surface area contributed by atoms with E-state index in [9.17, 15) is 5.11 Å². The fourth-order valence-electron chi connectivity index (χ4n) is 2.37. The first-order chi connectivity index (χ1) is 6.49. The van der Waals surface area contributed by atoms with Crippen molar-refractivity contribution in [1.29, 1.82) is 0 Å². The van der Waals surface area contributed by atoms with E-state index in [2.05, 4.69) is 32.2 Å². The molecule has 2 N–H and O–H groups in total. The molecule has 0 amide bonds. The maximum Gasteiger partial charge on any atom is 0.138 e. The number of anilines is 1. The van der Waals surface area contributed by atoms with E-state index in [-0.39, 0.29) is 5.54 Å². The Morgan fingerprint density at radius 1 is 1.43 bits per heavy atom. The maximum atomic E-state index is 9.74. The number of phenols is 1. The molecule has 14 heavy (non-hydrogen) atoms. The number of aromatic hydroxyl groups is 1. The van der Waals surface area contributed by atoms with E-state index < -0.39 is 0 Å². The van der Waals surface area contributed by atoms with Crippen LogP contribution in [0.3, 0.4) is 0 Å². The van der Waals surface area contributed by atoms with Crippen LogP contribution in [-0.4, -0.2) is 10.6 Å². The molecule has 1 aliphatic heterocycles. The lowest BCUT2D eigenvalue weighted by Gasteiger charge is -2.37.